The zero-order valence-electron chi connectivity index (χ0n) is 6.52. The van der Waals surface area contributed by atoms with Gasteiger partial charge in [0.1, 0.15) is 0 Å². The van der Waals surface area contributed by atoms with Crippen molar-refractivity contribution in [2.24, 2.45) is 0 Å². The van der Waals surface area contributed by atoms with Crippen LogP contribution in [0.5, 0.6) is 0 Å². The Balaban J connectivity index is 3.39. The summed E-state index contributed by atoms with van der Waals surface area (Å²) in [7, 11) is 0. The van der Waals surface area contributed by atoms with E-state index in [4.69, 9.17) is 0 Å². The summed E-state index contributed by atoms with van der Waals surface area (Å²) in [5.41, 5.74) is 0. The van der Waals surface area contributed by atoms with Gasteiger partial charge in [0.2, 0.25) is 0 Å². The third-order valence-electron chi connectivity index (χ3n) is 1.72. The molecule has 1 rings (SSSR count). The van der Waals surface area contributed by atoms with Crippen LogP contribution in [0.15, 0.2) is 9.41 Å². The van der Waals surface area contributed by atoms with Gasteiger partial charge >= 0.3 is 84.0 Å². The standard InChI is InChI=1S/C6H3F7I/c1-14-3-2(7)4(8,9)6(12,13)5(3,10)11/h1H3/q-1. The van der Waals surface area contributed by atoms with Crippen molar-refractivity contribution in [3.05, 3.63) is 9.41 Å². The third kappa shape index (κ3) is 1.12. The molecular weight excluding hydrogens is 332 g/mol. The van der Waals surface area contributed by atoms with Crippen LogP contribution in [-0.4, -0.2) is 22.7 Å². The number of hydrogen-bond acceptors (Lipinski definition) is 0. The average Bonchev–Trinajstić information content (AvgIpc) is 2.10. The second-order valence-electron chi connectivity index (χ2n) is 2.54. The van der Waals surface area contributed by atoms with Gasteiger partial charge in [0, 0.05) is 0 Å². The van der Waals surface area contributed by atoms with Crippen molar-refractivity contribution in [3.63, 3.8) is 0 Å². The molecule has 8 heteroatoms. The molecule has 0 aromatic heterocycles. The third-order valence-corrected chi connectivity index (χ3v) is 3.95. The topological polar surface area (TPSA) is 0 Å². The van der Waals surface area contributed by atoms with Crippen molar-refractivity contribution in [1.82, 2.24) is 0 Å². The van der Waals surface area contributed by atoms with Crippen LogP contribution >= 0.6 is 0 Å². The molecule has 0 atom stereocenters. The molecule has 1 aliphatic carbocycles. The Kier molecular flexibility index (Phi) is 2.57. The predicted octanol–water partition coefficient (Wildman–Crippen LogP) is -0.194. The average molecular weight is 335 g/mol. The Bertz CT molecular complexity index is 293. The molecule has 0 spiro atoms. The Morgan fingerprint density at radius 3 is 1.50 bits per heavy atom. The van der Waals surface area contributed by atoms with Crippen molar-refractivity contribution in [2.75, 3.05) is 4.93 Å². The molecular formula is C6H3F7I-. The molecule has 14 heavy (non-hydrogen) atoms. The molecule has 0 saturated carbocycles. The minimum atomic E-state index is -5.66. The first kappa shape index (κ1) is 12.1. The SMILES string of the molecule is C[I-]C1=C(F)C(F)(F)C(F)(F)C1(F)F. The summed E-state index contributed by atoms with van der Waals surface area (Å²) in [4.78, 5) is 1.01. The van der Waals surface area contributed by atoms with Gasteiger partial charge in [0.15, 0.2) is 0 Å². The van der Waals surface area contributed by atoms with E-state index in [2.05, 4.69) is 0 Å². The van der Waals surface area contributed by atoms with Crippen molar-refractivity contribution in [1.29, 1.82) is 0 Å². The van der Waals surface area contributed by atoms with Crippen molar-refractivity contribution in [2.45, 2.75) is 17.8 Å². The summed E-state index contributed by atoms with van der Waals surface area (Å²) in [5.74, 6) is -18.8. The van der Waals surface area contributed by atoms with Crippen LogP contribution in [0.1, 0.15) is 0 Å². The molecule has 0 unspecified atom stereocenters. The Labute approximate surface area is 84.4 Å². The van der Waals surface area contributed by atoms with E-state index >= 15 is 0 Å². The van der Waals surface area contributed by atoms with E-state index in [1.165, 1.54) is 0 Å². The Morgan fingerprint density at radius 1 is 0.929 bits per heavy atom. The van der Waals surface area contributed by atoms with Gasteiger partial charge in [-0.3, -0.25) is 0 Å². The van der Waals surface area contributed by atoms with Crippen molar-refractivity contribution >= 4 is 0 Å². The summed E-state index contributed by atoms with van der Waals surface area (Å²) in [6.45, 7) is 0. The van der Waals surface area contributed by atoms with Crippen LogP contribution in [0.3, 0.4) is 0 Å². The van der Waals surface area contributed by atoms with Gasteiger partial charge in [-0.15, -0.1) is 0 Å². The first-order chi connectivity index (χ1) is 6.10. The van der Waals surface area contributed by atoms with Crippen LogP contribution in [0.4, 0.5) is 30.7 Å². The van der Waals surface area contributed by atoms with Gasteiger partial charge < -0.3 is 0 Å². The maximum absolute atomic E-state index is 12.6. The maximum atomic E-state index is 12.6. The second kappa shape index (κ2) is 2.99. The summed E-state index contributed by atoms with van der Waals surface area (Å²) in [6.07, 6.45) is 0. The van der Waals surface area contributed by atoms with Gasteiger partial charge in [0.25, 0.3) is 0 Å². The fraction of sp³-hybridized carbons (Fsp3) is 0.667. The number of hydrogen-bond donors (Lipinski definition) is 0. The molecule has 0 aromatic rings. The molecule has 0 fully saturated rings. The molecule has 0 amide bonds. The normalized spacial score (nSPS) is 28.6. The molecule has 0 N–H and O–H groups in total. The van der Waals surface area contributed by atoms with E-state index in [0.29, 0.717) is 0 Å². The molecule has 84 valence electrons. The van der Waals surface area contributed by atoms with Gasteiger partial charge in [-0.1, -0.05) is 0 Å². The monoisotopic (exact) mass is 335 g/mol. The van der Waals surface area contributed by atoms with Gasteiger partial charge in [-0.25, -0.2) is 0 Å². The van der Waals surface area contributed by atoms with Crippen molar-refractivity contribution < 1.29 is 51.9 Å². The first-order valence-corrected chi connectivity index (χ1v) is 6.38. The molecule has 0 aliphatic heterocycles. The van der Waals surface area contributed by atoms with E-state index in [0.717, 1.165) is 4.93 Å². The van der Waals surface area contributed by atoms with E-state index in [-0.39, 0.29) is 0 Å². The number of rotatable bonds is 1. The van der Waals surface area contributed by atoms with Crippen LogP contribution in [0.2, 0.25) is 0 Å². The number of allylic oxidation sites excluding steroid dienone is 2. The molecule has 1 aliphatic rings. The molecule has 0 aromatic carbocycles. The summed E-state index contributed by atoms with van der Waals surface area (Å²) < 4.78 is 85.8. The van der Waals surface area contributed by atoms with Crippen LogP contribution in [0.25, 0.3) is 0 Å². The molecule has 0 saturated heterocycles. The van der Waals surface area contributed by atoms with Crippen LogP contribution < -0.4 is 21.2 Å². The number of alkyl halides is 7. The van der Waals surface area contributed by atoms with Crippen LogP contribution in [0, 0.1) is 0 Å². The fourth-order valence-electron chi connectivity index (χ4n) is 0.950. The van der Waals surface area contributed by atoms with E-state index in [9.17, 15) is 30.7 Å². The summed E-state index contributed by atoms with van der Waals surface area (Å²) in [6, 6.07) is 0. The van der Waals surface area contributed by atoms with Gasteiger partial charge in [0.05, 0.1) is 0 Å². The fourth-order valence-corrected chi connectivity index (χ4v) is 2.78. The number of halogens is 8. The van der Waals surface area contributed by atoms with E-state index < -0.39 is 48.4 Å². The van der Waals surface area contributed by atoms with Crippen molar-refractivity contribution in [3.8, 4) is 0 Å². The quantitative estimate of drug-likeness (QED) is 0.354. The minimum absolute atomic E-state index is 1.01. The van der Waals surface area contributed by atoms with Crippen LogP contribution in [-0.2, 0) is 0 Å². The summed E-state index contributed by atoms with van der Waals surface area (Å²) >= 11 is -1.85. The Hall–Kier alpha value is -0.0200. The van der Waals surface area contributed by atoms with E-state index in [1.807, 2.05) is 0 Å². The molecule has 0 radical (unpaired) electrons. The predicted molar refractivity (Wildman–Crippen MR) is 28.9 cm³/mol. The Morgan fingerprint density at radius 2 is 1.36 bits per heavy atom. The first-order valence-electron chi connectivity index (χ1n) is 3.14. The molecule has 0 bridgehead atoms. The molecule has 0 heterocycles. The zero-order valence-corrected chi connectivity index (χ0v) is 8.68. The van der Waals surface area contributed by atoms with Gasteiger partial charge in [-0.05, 0) is 0 Å². The molecule has 0 nitrogen and oxygen atoms in total. The second-order valence-corrected chi connectivity index (χ2v) is 4.70. The van der Waals surface area contributed by atoms with E-state index in [1.54, 1.807) is 0 Å². The van der Waals surface area contributed by atoms with Gasteiger partial charge in [-0.2, -0.15) is 0 Å². The zero-order chi connectivity index (χ0) is 11.4. The summed E-state index contributed by atoms with van der Waals surface area (Å²) in [5, 5.41) is 0.